The summed E-state index contributed by atoms with van der Waals surface area (Å²) in [5.41, 5.74) is 7.38. The zero-order valence-electron chi connectivity index (χ0n) is 39.5. The smallest absolute Gasteiger partial charge is 0.331 e. The van der Waals surface area contributed by atoms with Crippen LogP contribution in [0.25, 0.3) is 0 Å². The van der Waals surface area contributed by atoms with Crippen molar-refractivity contribution in [3.05, 3.63) is 134 Å². The van der Waals surface area contributed by atoms with Crippen molar-refractivity contribution in [3.63, 3.8) is 0 Å². The first-order valence-corrected chi connectivity index (χ1v) is 24.4. The van der Waals surface area contributed by atoms with E-state index in [1.54, 1.807) is 26.0 Å². The molecule has 4 bridgehead atoms. The van der Waals surface area contributed by atoms with Crippen molar-refractivity contribution in [2.24, 2.45) is 0 Å². The molecule has 12 rings (SSSR count). The van der Waals surface area contributed by atoms with E-state index in [1.807, 2.05) is 86.6 Å². The molecular weight excluding hydrogens is 897 g/mol. The summed E-state index contributed by atoms with van der Waals surface area (Å²) in [4.78, 5) is 33.2. The Labute approximate surface area is 405 Å². The summed E-state index contributed by atoms with van der Waals surface area (Å²) in [6, 6.07) is 26.3. The van der Waals surface area contributed by atoms with E-state index in [1.165, 1.54) is 6.92 Å². The van der Waals surface area contributed by atoms with Crippen LogP contribution in [-0.4, -0.2) is 86.8 Å². The Morgan fingerprint density at radius 1 is 0.870 bits per heavy atom. The number of likely N-dealkylation sites (N-methyl/N-ethyl adjacent to an activating group) is 1. The van der Waals surface area contributed by atoms with E-state index in [0.717, 1.165) is 44.5 Å². The third-order valence-corrected chi connectivity index (χ3v) is 16.3. The highest BCUT2D eigenvalue weighted by Gasteiger charge is 2.62. The topological polar surface area (TPSA) is 150 Å². The highest BCUT2D eigenvalue weighted by molar-refractivity contribution is 7.99. The van der Waals surface area contributed by atoms with Crippen LogP contribution in [0.3, 0.4) is 0 Å². The Morgan fingerprint density at radius 3 is 2.29 bits per heavy atom. The Hall–Kier alpha value is -6.44. The first-order chi connectivity index (χ1) is 33.6. The van der Waals surface area contributed by atoms with E-state index in [-0.39, 0.29) is 25.2 Å². The van der Waals surface area contributed by atoms with Gasteiger partial charge in [0.05, 0.1) is 37.6 Å². The average Bonchev–Trinajstić information content (AvgIpc) is 3.85. The van der Waals surface area contributed by atoms with Crippen molar-refractivity contribution in [2.45, 2.75) is 87.8 Å². The lowest BCUT2D eigenvalue weighted by molar-refractivity contribution is -0.157. The third-order valence-electron chi connectivity index (χ3n) is 14.9. The molecule has 1 N–H and O–H groups in total. The minimum absolute atomic E-state index is 0.0487. The first kappa shape index (κ1) is 45.0. The van der Waals surface area contributed by atoms with Crippen molar-refractivity contribution in [3.8, 4) is 46.3 Å². The number of hydrogen-bond donors (Lipinski definition) is 1. The molecule has 0 aromatic heterocycles. The monoisotopic (exact) mass is 950 g/mol. The van der Waals surface area contributed by atoms with Crippen LogP contribution in [-0.2, 0) is 45.9 Å². The maximum atomic E-state index is 15.3. The molecule has 0 radical (unpaired) electrons. The number of nitrogens with zero attached hydrogens (tertiary/aromatic N) is 3. The van der Waals surface area contributed by atoms with Gasteiger partial charge in [-0.3, -0.25) is 19.9 Å². The van der Waals surface area contributed by atoms with Gasteiger partial charge < -0.3 is 37.9 Å². The predicted molar refractivity (Wildman–Crippen MR) is 256 cm³/mol. The van der Waals surface area contributed by atoms with E-state index >= 15 is 4.79 Å². The second-order valence-corrected chi connectivity index (χ2v) is 19.7. The summed E-state index contributed by atoms with van der Waals surface area (Å²) in [5, 5.41) is 14.6. The largest absolute Gasteiger partial charge is 0.493 e. The van der Waals surface area contributed by atoms with Crippen molar-refractivity contribution in [1.82, 2.24) is 15.1 Å². The van der Waals surface area contributed by atoms with E-state index in [2.05, 4.69) is 34.3 Å². The third kappa shape index (κ3) is 7.25. The molecule has 2 fully saturated rings. The average molecular weight is 951 g/mol. The van der Waals surface area contributed by atoms with E-state index in [0.29, 0.717) is 84.0 Å². The van der Waals surface area contributed by atoms with Gasteiger partial charge >= 0.3 is 11.9 Å². The molecule has 1 spiro atoms. The number of piperazine rings is 1. The van der Waals surface area contributed by atoms with Gasteiger partial charge in [-0.15, -0.1) is 11.8 Å². The number of esters is 2. The predicted octanol–water partition coefficient (Wildman–Crippen LogP) is 7.73. The standard InChI is InChI=1S/C54H54N4O10S/c1-29-19-35-20-37-38(23-55)58-39-26-65-53(60)54(36-22-40(61-5)41(21-34(36)17-18-56-54)63-24-32-13-9-7-10-14-32)27-69-52(44-43(39)51-49(66-28-67-51)30(2)48(44)68-31(3)59)46(58)45(57(37)4)42(35)50(47(29)62-6)64-25-33-15-11-8-12-16-33/h7-16,19,21-22,37-39,45-46,52,56H,17-18,20,24-28H2,1-6H3/t37-,38+,39-,45-,46?,52-,54-/m1/s1. The van der Waals surface area contributed by atoms with Crippen LogP contribution in [0.5, 0.6) is 40.2 Å². The molecule has 0 amide bonds. The molecule has 7 atom stereocenters. The number of fused-ring (bicyclic) bond motifs is 9. The molecule has 0 aliphatic carbocycles. The van der Waals surface area contributed by atoms with Crippen molar-refractivity contribution < 1.29 is 47.5 Å². The van der Waals surface area contributed by atoms with E-state index < -0.39 is 46.9 Å². The van der Waals surface area contributed by atoms with E-state index in [9.17, 15) is 10.1 Å². The second-order valence-electron chi connectivity index (χ2n) is 18.6. The molecule has 69 heavy (non-hydrogen) atoms. The van der Waals surface area contributed by atoms with Gasteiger partial charge in [0.25, 0.3) is 0 Å². The molecule has 2 saturated heterocycles. The number of thioether (sulfide) groups is 1. The molecular formula is C54H54N4O10S. The Kier molecular flexibility index (Phi) is 11.6. The molecule has 0 saturated carbocycles. The summed E-state index contributed by atoms with van der Waals surface area (Å²) in [6.45, 7) is 6.24. The minimum Gasteiger partial charge on any atom is -0.493 e. The number of ether oxygens (including phenoxy) is 8. The fourth-order valence-electron chi connectivity index (χ4n) is 11.9. The molecule has 5 aromatic carbocycles. The molecule has 7 aliphatic heterocycles. The summed E-state index contributed by atoms with van der Waals surface area (Å²) >= 11 is 1.57. The minimum atomic E-state index is -1.34. The maximum absolute atomic E-state index is 15.3. The summed E-state index contributed by atoms with van der Waals surface area (Å²) in [7, 11) is 5.36. The van der Waals surface area contributed by atoms with Gasteiger partial charge in [-0.05, 0) is 79.3 Å². The van der Waals surface area contributed by atoms with Gasteiger partial charge in [-0.25, -0.2) is 4.79 Å². The number of methoxy groups -OCH3 is 2. The Balaban J connectivity index is 1.11. The van der Waals surface area contributed by atoms with Gasteiger partial charge in [0, 0.05) is 53.6 Å². The zero-order chi connectivity index (χ0) is 47.7. The zero-order valence-corrected chi connectivity index (χ0v) is 40.3. The number of aryl methyl sites for hydroxylation is 1. The van der Waals surface area contributed by atoms with Crippen LogP contribution in [0.4, 0.5) is 0 Å². The Morgan fingerprint density at radius 2 is 1.59 bits per heavy atom. The number of benzene rings is 5. The van der Waals surface area contributed by atoms with Crippen molar-refractivity contribution in [2.75, 3.05) is 47.0 Å². The van der Waals surface area contributed by atoms with Crippen molar-refractivity contribution >= 4 is 23.7 Å². The summed E-state index contributed by atoms with van der Waals surface area (Å²) in [5.74, 6) is 2.93. The van der Waals surface area contributed by atoms with Gasteiger partial charge in [-0.1, -0.05) is 66.7 Å². The SMILES string of the molecule is COc1cc2c(cc1OCc1ccccc1)CCN[C@]21CS[C@@H]2c3c(OC(C)=O)c(C)c4c(c3[C@@H](COC1=O)N1C2[C@H]2c3c(cc(C)c(OC)c3OCc3ccccc3)C[C@H]([C@@H]1C#N)N2C)OCO4. The number of nitrogens with one attached hydrogen (secondary N) is 1. The maximum Gasteiger partial charge on any atom is 0.331 e. The fraction of sp³-hybridized carbons (Fsp3) is 0.389. The Bertz CT molecular complexity index is 2910. The molecule has 356 valence electrons. The van der Waals surface area contributed by atoms with Crippen LogP contribution < -0.4 is 38.5 Å². The van der Waals surface area contributed by atoms with Crippen LogP contribution in [0.1, 0.15) is 79.9 Å². The molecule has 5 aromatic rings. The van der Waals surface area contributed by atoms with Crippen LogP contribution in [0, 0.1) is 25.2 Å². The number of nitriles is 1. The summed E-state index contributed by atoms with van der Waals surface area (Å²) < 4.78 is 51.1. The molecule has 7 heterocycles. The highest BCUT2D eigenvalue weighted by atomic mass is 32.2. The molecule has 14 nitrogen and oxygen atoms in total. The lowest BCUT2D eigenvalue weighted by Gasteiger charge is -2.62. The molecule has 15 heteroatoms. The van der Waals surface area contributed by atoms with E-state index in [4.69, 9.17) is 37.9 Å². The molecule has 1 unspecified atom stereocenters. The van der Waals surface area contributed by atoms with Gasteiger partial charge in [0.1, 0.15) is 31.6 Å². The summed E-state index contributed by atoms with van der Waals surface area (Å²) in [6.07, 6.45) is 1.19. The number of rotatable bonds is 9. The normalized spacial score (nSPS) is 25.3. The highest BCUT2D eigenvalue weighted by Crippen LogP contribution is 2.65. The number of carbonyl (C=O) groups excluding carboxylic acids is 2. The van der Waals surface area contributed by atoms with Gasteiger partial charge in [-0.2, -0.15) is 5.26 Å². The van der Waals surface area contributed by atoms with Crippen LogP contribution >= 0.6 is 11.8 Å². The first-order valence-electron chi connectivity index (χ1n) is 23.4. The fourth-order valence-corrected chi connectivity index (χ4v) is 13.6. The lowest BCUT2D eigenvalue weighted by Crippen LogP contribution is -2.69. The van der Waals surface area contributed by atoms with Crippen molar-refractivity contribution in [1.29, 1.82) is 5.26 Å². The molecule has 7 aliphatic rings. The van der Waals surface area contributed by atoms with Gasteiger partial charge in [0.15, 0.2) is 40.0 Å². The number of hydrogen-bond acceptors (Lipinski definition) is 15. The number of carbonyl (C=O) groups is 2. The van der Waals surface area contributed by atoms with Gasteiger partial charge in [0.2, 0.25) is 6.79 Å². The lowest BCUT2D eigenvalue weighted by atomic mass is 9.71. The van der Waals surface area contributed by atoms with Crippen LogP contribution in [0.15, 0.2) is 78.9 Å². The second kappa shape index (κ2) is 17.8. The quantitative estimate of drug-likeness (QED) is 0.113. The van der Waals surface area contributed by atoms with Crippen LogP contribution in [0.2, 0.25) is 0 Å².